The molecular formula is C12H15F2N. The Bertz CT molecular complexity index is 347. The third-order valence-corrected chi connectivity index (χ3v) is 2.85. The molecule has 1 aromatic carbocycles. The summed E-state index contributed by atoms with van der Waals surface area (Å²) in [4.78, 5) is 0. The van der Waals surface area contributed by atoms with Crippen molar-refractivity contribution in [2.45, 2.75) is 25.8 Å². The van der Waals surface area contributed by atoms with Gasteiger partial charge in [0.25, 0.3) is 0 Å². The molecule has 15 heavy (non-hydrogen) atoms. The third-order valence-electron chi connectivity index (χ3n) is 2.85. The summed E-state index contributed by atoms with van der Waals surface area (Å²) in [5.41, 5.74) is 0.801. The van der Waals surface area contributed by atoms with Gasteiger partial charge in [0.1, 0.15) is 0 Å². The van der Waals surface area contributed by atoms with Crippen LogP contribution in [0.2, 0.25) is 0 Å². The van der Waals surface area contributed by atoms with Crippen molar-refractivity contribution < 1.29 is 8.78 Å². The second-order valence-corrected chi connectivity index (χ2v) is 4.25. The molecular weight excluding hydrogens is 196 g/mol. The van der Waals surface area contributed by atoms with E-state index < -0.39 is 11.6 Å². The van der Waals surface area contributed by atoms with E-state index in [0.717, 1.165) is 18.0 Å². The first-order valence-electron chi connectivity index (χ1n) is 5.35. The van der Waals surface area contributed by atoms with Crippen LogP contribution in [0.5, 0.6) is 0 Å². The highest BCUT2D eigenvalue weighted by molar-refractivity contribution is 5.20. The van der Waals surface area contributed by atoms with Gasteiger partial charge in [0.2, 0.25) is 0 Å². The maximum atomic E-state index is 12.9. The standard InChI is InChI=1S/C12H15F2N/c1-8(15-7-9-2-3-9)10-4-5-11(13)12(14)6-10/h4-6,8-9,15H,2-3,7H2,1H3/t8-/m0/s1. The summed E-state index contributed by atoms with van der Waals surface area (Å²) in [6, 6.07) is 4.16. The van der Waals surface area contributed by atoms with Crippen molar-refractivity contribution in [2.75, 3.05) is 6.54 Å². The number of hydrogen-bond acceptors (Lipinski definition) is 1. The van der Waals surface area contributed by atoms with Gasteiger partial charge in [-0.15, -0.1) is 0 Å². The van der Waals surface area contributed by atoms with Gasteiger partial charge in [-0.3, -0.25) is 0 Å². The van der Waals surface area contributed by atoms with Crippen LogP contribution in [-0.4, -0.2) is 6.54 Å². The lowest BCUT2D eigenvalue weighted by Gasteiger charge is -2.13. The lowest BCUT2D eigenvalue weighted by molar-refractivity contribution is 0.498. The second kappa shape index (κ2) is 4.27. The fourth-order valence-electron chi connectivity index (χ4n) is 1.56. The molecule has 0 saturated heterocycles. The molecule has 1 N–H and O–H groups in total. The summed E-state index contributed by atoms with van der Waals surface area (Å²) in [5, 5.41) is 3.32. The zero-order valence-electron chi connectivity index (χ0n) is 8.76. The summed E-state index contributed by atoms with van der Waals surface area (Å²) < 4.78 is 25.6. The third kappa shape index (κ3) is 2.75. The van der Waals surface area contributed by atoms with Crippen LogP contribution < -0.4 is 5.32 Å². The molecule has 1 fully saturated rings. The summed E-state index contributed by atoms with van der Waals surface area (Å²) in [6.07, 6.45) is 2.58. The Morgan fingerprint density at radius 3 is 2.67 bits per heavy atom. The Kier molecular flexibility index (Phi) is 3.00. The van der Waals surface area contributed by atoms with Crippen LogP contribution >= 0.6 is 0 Å². The zero-order chi connectivity index (χ0) is 10.8. The summed E-state index contributed by atoms with van der Waals surface area (Å²) in [6.45, 7) is 2.94. The molecule has 0 spiro atoms. The van der Waals surface area contributed by atoms with Gasteiger partial charge < -0.3 is 5.32 Å². The van der Waals surface area contributed by atoms with Crippen molar-refractivity contribution in [1.82, 2.24) is 5.32 Å². The smallest absolute Gasteiger partial charge is 0.159 e. The fourth-order valence-corrected chi connectivity index (χ4v) is 1.56. The Labute approximate surface area is 88.5 Å². The van der Waals surface area contributed by atoms with E-state index in [0.29, 0.717) is 0 Å². The minimum Gasteiger partial charge on any atom is -0.310 e. The van der Waals surface area contributed by atoms with E-state index in [4.69, 9.17) is 0 Å². The van der Waals surface area contributed by atoms with E-state index in [1.807, 2.05) is 6.92 Å². The number of rotatable bonds is 4. The van der Waals surface area contributed by atoms with Crippen molar-refractivity contribution >= 4 is 0 Å². The van der Waals surface area contributed by atoms with Gasteiger partial charge in [0, 0.05) is 6.04 Å². The lowest BCUT2D eigenvalue weighted by atomic mass is 10.1. The molecule has 0 radical (unpaired) electrons. The average molecular weight is 211 g/mol. The Hall–Kier alpha value is -0.960. The maximum absolute atomic E-state index is 12.9. The Morgan fingerprint density at radius 2 is 2.07 bits per heavy atom. The summed E-state index contributed by atoms with van der Waals surface area (Å²) >= 11 is 0. The highest BCUT2D eigenvalue weighted by Crippen LogP contribution is 2.28. The molecule has 0 bridgehead atoms. The molecule has 2 rings (SSSR count). The van der Waals surface area contributed by atoms with Crippen LogP contribution in [-0.2, 0) is 0 Å². The number of nitrogens with one attached hydrogen (secondary N) is 1. The predicted molar refractivity (Wildman–Crippen MR) is 55.5 cm³/mol. The van der Waals surface area contributed by atoms with Crippen LogP contribution in [0.3, 0.4) is 0 Å². The molecule has 1 nitrogen and oxygen atoms in total. The van der Waals surface area contributed by atoms with Gasteiger partial charge in [0.05, 0.1) is 0 Å². The van der Waals surface area contributed by atoms with Gasteiger partial charge in [-0.1, -0.05) is 6.07 Å². The molecule has 1 aliphatic carbocycles. The van der Waals surface area contributed by atoms with Gasteiger partial charge in [-0.2, -0.15) is 0 Å². The van der Waals surface area contributed by atoms with Crippen molar-refractivity contribution in [3.63, 3.8) is 0 Å². The van der Waals surface area contributed by atoms with E-state index in [1.54, 1.807) is 6.07 Å². The van der Waals surface area contributed by atoms with Crippen molar-refractivity contribution in [3.05, 3.63) is 35.4 Å². The predicted octanol–water partition coefficient (Wildman–Crippen LogP) is 3.03. The first-order chi connectivity index (χ1) is 7.16. The van der Waals surface area contributed by atoms with E-state index in [1.165, 1.54) is 25.0 Å². The summed E-state index contributed by atoms with van der Waals surface area (Å²) in [7, 11) is 0. The molecule has 1 aromatic rings. The molecule has 0 amide bonds. The monoisotopic (exact) mass is 211 g/mol. The first-order valence-corrected chi connectivity index (χ1v) is 5.35. The largest absolute Gasteiger partial charge is 0.310 e. The van der Waals surface area contributed by atoms with Crippen molar-refractivity contribution in [3.8, 4) is 0 Å². The first kappa shape index (κ1) is 10.6. The quantitative estimate of drug-likeness (QED) is 0.807. The molecule has 1 saturated carbocycles. The van der Waals surface area contributed by atoms with Gasteiger partial charge >= 0.3 is 0 Å². The van der Waals surface area contributed by atoms with Crippen LogP contribution in [0.1, 0.15) is 31.4 Å². The zero-order valence-corrected chi connectivity index (χ0v) is 8.76. The van der Waals surface area contributed by atoms with E-state index in [9.17, 15) is 8.78 Å². The highest BCUT2D eigenvalue weighted by atomic mass is 19.2. The topological polar surface area (TPSA) is 12.0 Å². The normalized spacial score (nSPS) is 17.8. The molecule has 1 atom stereocenters. The number of halogens is 2. The van der Waals surface area contributed by atoms with Crippen LogP contribution in [0.25, 0.3) is 0 Å². The Balaban J connectivity index is 1.97. The highest BCUT2D eigenvalue weighted by Gasteiger charge is 2.21. The van der Waals surface area contributed by atoms with Crippen molar-refractivity contribution in [1.29, 1.82) is 0 Å². The fraction of sp³-hybridized carbons (Fsp3) is 0.500. The van der Waals surface area contributed by atoms with Crippen LogP contribution in [0, 0.1) is 17.6 Å². The van der Waals surface area contributed by atoms with Crippen LogP contribution in [0.4, 0.5) is 8.78 Å². The minimum absolute atomic E-state index is 0.0840. The lowest BCUT2D eigenvalue weighted by Crippen LogP contribution is -2.21. The van der Waals surface area contributed by atoms with Crippen molar-refractivity contribution in [2.24, 2.45) is 5.92 Å². The molecule has 0 heterocycles. The molecule has 0 aliphatic heterocycles. The molecule has 3 heteroatoms. The Morgan fingerprint density at radius 1 is 1.33 bits per heavy atom. The summed E-state index contributed by atoms with van der Waals surface area (Å²) in [5.74, 6) is -0.765. The van der Waals surface area contributed by atoms with Gasteiger partial charge in [-0.25, -0.2) is 8.78 Å². The molecule has 82 valence electrons. The van der Waals surface area contributed by atoms with Gasteiger partial charge in [-0.05, 0) is 49.9 Å². The second-order valence-electron chi connectivity index (χ2n) is 4.25. The minimum atomic E-state index is -0.784. The van der Waals surface area contributed by atoms with Crippen LogP contribution in [0.15, 0.2) is 18.2 Å². The van der Waals surface area contributed by atoms with E-state index >= 15 is 0 Å². The molecule has 1 aliphatic rings. The molecule has 0 unspecified atom stereocenters. The molecule has 0 aromatic heterocycles. The SMILES string of the molecule is C[C@H](NCC1CC1)c1ccc(F)c(F)c1. The van der Waals surface area contributed by atoms with Gasteiger partial charge in [0.15, 0.2) is 11.6 Å². The number of hydrogen-bond donors (Lipinski definition) is 1. The average Bonchev–Trinajstić information content (AvgIpc) is 3.02. The number of benzene rings is 1. The van der Waals surface area contributed by atoms with E-state index in [2.05, 4.69) is 5.32 Å². The maximum Gasteiger partial charge on any atom is 0.159 e. The van der Waals surface area contributed by atoms with E-state index in [-0.39, 0.29) is 6.04 Å².